The predicted octanol–water partition coefficient (Wildman–Crippen LogP) is 1.40. The van der Waals surface area contributed by atoms with E-state index >= 15 is 0 Å². The first kappa shape index (κ1) is 17.0. The monoisotopic (exact) mass is 351 g/mol. The summed E-state index contributed by atoms with van der Waals surface area (Å²) in [5, 5.41) is 9.37. The largest absolute Gasteiger partial charge is 0.491 e. The van der Waals surface area contributed by atoms with Crippen LogP contribution in [0, 0.1) is 5.92 Å². The Balaban J connectivity index is 1.50. The van der Waals surface area contributed by atoms with Crippen molar-refractivity contribution in [3.63, 3.8) is 0 Å². The Labute approximate surface area is 146 Å². The standard InChI is InChI=1S/C17H22ClN3O3/c18-12-3-4-15-13(8-12)14(10-24-15)21-17(23)16(22)20-9-11-2-1-6-19-7-5-11/h3-4,8,11,14,19H,1-2,5-7,9-10H2,(H,20,22)(H,21,23). The maximum absolute atomic E-state index is 12.1. The summed E-state index contributed by atoms with van der Waals surface area (Å²) in [4.78, 5) is 24.1. The summed E-state index contributed by atoms with van der Waals surface area (Å²) in [6.45, 7) is 2.83. The van der Waals surface area contributed by atoms with E-state index in [1.807, 2.05) is 0 Å². The van der Waals surface area contributed by atoms with Crippen molar-refractivity contribution in [3.8, 4) is 5.75 Å². The molecule has 1 saturated heterocycles. The van der Waals surface area contributed by atoms with Crippen LogP contribution in [-0.2, 0) is 9.59 Å². The number of hydrogen-bond acceptors (Lipinski definition) is 4. The smallest absolute Gasteiger partial charge is 0.309 e. The molecule has 0 radical (unpaired) electrons. The van der Waals surface area contributed by atoms with Crippen LogP contribution in [0.2, 0.25) is 5.02 Å². The Morgan fingerprint density at radius 2 is 2.12 bits per heavy atom. The third kappa shape index (κ3) is 4.19. The van der Waals surface area contributed by atoms with Gasteiger partial charge in [-0.3, -0.25) is 9.59 Å². The van der Waals surface area contributed by atoms with Gasteiger partial charge in [0.1, 0.15) is 12.4 Å². The molecule has 2 heterocycles. The quantitative estimate of drug-likeness (QED) is 0.719. The van der Waals surface area contributed by atoms with Gasteiger partial charge in [0.25, 0.3) is 0 Å². The van der Waals surface area contributed by atoms with Gasteiger partial charge in [-0.15, -0.1) is 0 Å². The molecule has 0 bridgehead atoms. The average molecular weight is 352 g/mol. The lowest BCUT2D eigenvalue weighted by molar-refractivity contribution is -0.139. The topological polar surface area (TPSA) is 79.5 Å². The summed E-state index contributed by atoms with van der Waals surface area (Å²) in [5.41, 5.74) is 0.804. The molecule has 24 heavy (non-hydrogen) atoms. The number of hydrogen-bond donors (Lipinski definition) is 3. The molecule has 7 heteroatoms. The highest BCUT2D eigenvalue weighted by Crippen LogP contribution is 2.34. The Morgan fingerprint density at radius 1 is 1.25 bits per heavy atom. The van der Waals surface area contributed by atoms with Gasteiger partial charge in [-0.05, 0) is 56.5 Å². The maximum Gasteiger partial charge on any atom is 0.309 e. The molecule has 1 aromatic carbocycles. The summed E-state index contributed by atoms with van der Waals surface area (Å²) in [7, 11) is 0. The number of benzene rings is 1. The van der Waals surface area contributed by atoms with Crippen LogP contribution in [0.1, 0.15) is 30.9 Å². The lowest BCUT2D eigenvalue weighted by Gasteiger charge is -2.15. The van der Waals surface area contributed by atoms with Gasteiger partial charge in [-0.1, -0.05) is 11.6 Å². The molecule has 130 valence electrons. The molecule has 0 aromatic heterocycles. The second-order valence-corrected chi connectivity index (χ2v) is 6.71. The number of halogens is 1. The molecular formula is C17H22ClN3O3. The maximum atomic E-state index is 12.1. The normalized spacial score (nSPS) is 22.9. The number of carbonyl (C=O) groups is 2. The van der Waals surface area contributed by atoms with Crippen LogP contribution in [0.15, 0.2) is 18.2 Å². The Kier molecular flexibility index (Phi) is 5.58. The zero-order chi connectivity index (χ0) is 16.9. The van der Waals surface area contributed by atoms with Crippen molar-refractivity contribution >= 4 is 23.4 Å². The van der Waals surface area contributed by atoms with Crippen molar-refractivity contribution in [1.82, 2.24) is 16.0 Å². The third-order valence-electron chi connectivity index (χ3n) is 4.51. The molecule has 2 amide bonds. The number of amides is 2. The molecule has 2 atom stereocenters. The fraction of sp³-hybridized carbons (Fsp3) is 0.529. The number of rotatable bonds is 3. The van der Waals surface area contributed by atoms with Gasteiger partial charge in [0, 0.05) is 17.1 Å². The Hall–Kier alpha value is -1.79. The number of nitrogens with one attached hydrogen (secondary N) is 3. The van der Waals surface area contributed by atoms with Gasteiger partial charge in [-0.25, -0.2) is 0 Å². The van der Waals surface area contributed by atoms with Crippen molar-refractivity contribution in [3.05, 3.63) is 28.8 Å². The summed E-state index contributed by atoms with van der Waals surface area (Å²) in [6.07, 6.45) is 3.19. The first-order valence-corrected chi connectivity index (χ1v) is 8.73. The summed E-state index contributed by atoms with van der Waals surface area (Å²) in [5.74, 6) is -0.118. The molecule has 2 aliphatic heterocycles. The lowest BCUT2D eigenvalue weighted by atomic mass is 10.0. The molecule has 6 nitrogen and oxygen atoms in total. The van der Waals surface area contributed by atoms with Gasteiger partial charge in [0.2, 0.25) is 0 Å². The van der Waals surface area contributed by atoms with E-state index in [0.717, 1.165) is 37.9 Å². The Morgan fingerprint density at radius 3 is 3.00 bits per heavy atom. The first-order chi connectivity index (χ1) is 11.6. The molecule has 0 aliphatic carbocycles. The molecule has 1 fully saturated rings. The molecule has 3 rings (SSSR count). The highest BCUT2D eigenvalue weighted by Gasteiger charge is 2.28. The minimum Gasteiger partial charge on any atom is -0.491 e. The van der Waals surface area contributed by atoms with Crippen molar-refractivity contribution in [2.45, 2.75) is 25.3 Å². The zero-order valence-corrected chi connectivity index (χ0v) is 14.2. The van der Waals surface area contributed by atoms with Gasteiger partial charge < -0.3 is 20.7 Å². The van der Waals surface area contributed by atoms with Crippen LogP contribution in [0.25, 0.3) is 0 Å². The predicted molar refractivity (Wildman–Crippen MR) is 91.1 cm³/mol. The Bertz CT molecular complexity index is 615. The van der Waals surface area contributed by atoms with Crippen LogP contribution in [0.4, 0.5) is 0 Å². The SMILES string of the molecule is O=C(NCC1CCCNCC1)C(=O)NC1COc2ccc(Cl)cc21. The molecular weight excluding hydrogens is 330 g/mol. The van der Waals surface area contributed by atoms with E-state index in [1.54, 1.807) is 18.2 Å². The molecule has 2 unspecified atom stereocenters. The van der Waals surface area contributed by atoms with E-state index in [9.17, 15) is 9.59 Å². The molecule has 0 saturated carbocycles. The zero-order valence-electron chi connectivity index (χ0n) is 13.4. The summed E-state index contributed by atoms with van der Waals surface area (Å²) >= 11 is 5.98. The van der Waals surface area contributed by atoms with Crippen molar-refractivity contribution in [1.29, 1.82) is 0 Å². The van der Waals surface area contributed by atoms with Crippen LogP contribution in [-0.4, -0.2) is 38.1 Å². The van der Waals surface area contributed by atoms with Gasteiger partial charge in [0.05, 0.1) is 6.04 Å². The molecule has 3 N–H and O–H groups in total. The van der Waals surface area contributed by atoms with Crippen molar-refractivity contribution in [2.75, 3.05) is 26.2 Å². The van der Waals surface area contributed by atoms with Crippen molar-refractivity contribution in [2.24, 2.45) is 5.92 Å². The van der Waals surface area contributed by atoms with Crippen LogP contribution in [0.3, 0.4) is 0 Å². The fourth-order valence-electron chi connectivity index (χ4n) is 3.14. The summed E-state index contributed by atoms with van der Waals surface area (Å²) in [6, 6.07) is 4.91. The van der Waals surface area contributed by atoms with E-state index in [1.165, 1.54) is 0 Å². The molecule has 2 aliphatic rings. The minimum absolute atomic E-state index is 0.309. The highest BCUT2D eigenvalue weighted by molar-refractivity contribution is 6.35. The van der Waals surface area contributed by atoms with E-state index in [4.69, 9.17) is 16.3 Å². The van der Waals surface area contributed by atoms with E-state index in [0.29, 0.717) is 29.8 Å². The van der Waals surface area contributed by atoms with Crippen LogP contribution >= 0.6 is 11.6 Å². The number of carbonyl (C=O) groups excluding carboxylic acids is 2. The van der Waals surface area contributed by atoms with Gasteiger partial charge in [0.15, 0.2) is 0 Å². The van der Waals surface area contributed by atoms with Crippen LogP contribution < -0.4 is 20.7 Å². The minimum atomic E-state index is -0.636. The average Bonchev–Trinajstić information content (AvgIpc) is 2.80. The van der Waals surface area contributed by atoms with Crippen LogP contribution in [0.5, 0.6) is 5.75 Å². The van der Waals surface area contributed by atoms with E-state index < -0.39 is 11.8 Å². The van der Waals surface area contributed by atoms with E-state index in [2.05, 4.69) is 16.0 Å². The van der Waals surface area contributed by atoms with E-state index in [-0.39, 0.29) is 6.04 Å². The fourth-order valence-corrected chi connectivity index (χ4v) is 3.32. The second kappa shape index (κ2) is 7.85. The molecule has 1 aromatic rings. The number of ether oxygens (including phenoxy) is 1. The number of fused-ring (bicyclic) bond motifs is 1. The lowest BCUT2D eigenvalue weighted by Crippen LogP contribution is -2.43. The van der Waals surface area contributed by atoms with Gasteiger partial charge >= 0.3 is 11.8 Å². The summed E-state index contributed by atoms with van der Waals surface area (Å²) < 4.78 is 5.50. The third-order valence-corrected chi connectivity index (χ3v) is 4.75. The van der Waals surface area contributed by atoms with Gasteiger partial charge in [-0.2, -0.15) is 0 Å². The molecule has 0 spiro atoms. The second-order valence-electron chi connectivity index (χ2n) is 6.28. The highest BCUT2D eigenvalue weighted by atomic mass is 35.5. The first-order valence-electron chi connectivity index (χ1n) is 8.35. The van der Waals surface area contributed by atoms with Crippen molar-refractivity contribution < 1.29 is 14.3 Å².